The molecule has 0 spiro atoms. The third-order valence-corrected chi connectivity index (χ3v) is 7.91. The Morgan fingerprint density at radius 3 is 2.65 bits per heavy atom. The largest absolute Gasteiger partial charge is 0.444 e. The third kappa shape index (κ3) is 3.55. The molecule has 31 heavy (non-hydrogen) atoms. The van der Waals surface area contributed by atoms with Gasteiger partial charge in [0.2, 0.25) is 10.0 Å². The first-order valence-electron chi connectivity index (χ1n) is 10.3. The van der Waals surface area contributed by atoms with E-state index >= 15 is 0 Å². The number of rotatable bonds is 3. The third-order valence-electron chi connectivity index (χ3n) is 6.01. The molecule has 0 atom stereocenters. The summed E-state index contributed by atoms with van der Waals surface area (Å²) in [5, 5.41) is 0.809. The second kappa shape index (κ2) is 7.62. The number of sulfonamides is 1. The number of ether oxygens (including phenoxy) is 1. The Balaban J connectivity index is 1.36. The smallest absolute Gasteiger partial charge is 0.414 e. The van der Waals surface area contributed by atoms with E-state index in [0.717, 1.165) is 27.7 Å². The van der Waals surface area contributed by atoms with Crippen molar-refractivity contribution in [3.8, 4) is 0 Å². The second-order valence-electron chi connectivity index (χ2n) is 8.06. The molecular weight excluding hydrogens is 414 g/mol. The summed E-state index contributed by atoms with van der Waals surface area (Å²) in [5.41, 5.74) is 3.58. The maximum Gasteiger partial charge on any atom is 0.414 e. The molecule has 2 aromatic carbocycles. The van der Waals surface area contributed by atoms with Crippen molar-refractivity contribution in [2.75, 3.05) is 18.0 Å². The Kier molecular flexibility index (Phi) is 4.91. The Hall–Kier alpha value is -2.97. The highest BCUT2D eigenvalue weighted by Crippen LogP contribution is 2.33. The first-order valence-corrected chi connectivity index (χ1v) is 11.8. The van der Waals surface area contributed by atoms with E-state index < -0.39 is 10.0 Å². The number of fused-ring (bicyclic) bond motifs is 2. The van der Waals surface area contributed by atoms with Gasteiger partial charge in [-0.3, -0.25) is 9.88 Å². The lowest BCUT2D eigenvalue weighted by atomic mass is 10.0. The Morgan fingerprint density at radius 2 is 1.84 bits per heavy atom. The number of hydrogen-bond acceptors (Lipinski definition) is 5. The molecule has 7 nitrogen and oxygen atoms in total. The number of amides is 1. The fraction of sp³-hybridized carbons (Fsp3) is 0.304. The fourth-order valence-electron chi connectivity index (χ4n) is 4.39. The van der Waals surface area contributed by atoms with Crippen LogP contribution in [0.5, 0.6) is 0 Å². The van der Waals surface area contributed by atoms with Crippen LogP contribution >= 0.6 is 0 Å². The molecule has 2 aliphatic heterocycles. The molecule has 3 heterocycles. The van der Waals surface area contributed by atoms with E-state index in [4.69, 9.17) is 4.74 Å². The maximum atomic E-state index is 13.3. The standard InChI is InChI=1S/C23H23N3O4S/c1-16-12-18-13-20(6-7-21(18)24-14-16)31(28,29)25-10-8-19(9-11-25)26-22-5-3-2-4-17(22)15-30-23(26)27/h2-7,12-14,19H,8-11,15H2,1H3. The van der Waals surface area contributed by atoms with Crippen molar-refractivity contribution < 1.29 is 17.9 Å². The minimum Gasteiger partial charge on any atom is -0.444 e. The van der Waals surface area contributed by atoms with Crippen molar-refractivity contribution >= 4 is 32.7 Å². The molecular formula is C23H23N3O4S. The lowest BCUT2D eigenvalue weighted by molar-refractivity contribution is 0.136. The van der Waals surface area contributed by atoms with E-state index in [1.165, 1.54) is 4.31 Å². The fourth-order valence-corrected chi connectivity index (χ4v) is 5.90. The van der Waals surface area contributed by atoms with Crippen LogP contribution in [0, 0.1) is 6.92 Å². The van der Waals surface area contributed by atoms with Gasteiger partial charge < -0.3 is 4.74 Å². The number of para-hydroxylation sites is 1. The zero-order valence-electron chi connectivity index (χ0n) is 17.2. The van der Waals surface area contributed by atoms with Crippen molar-refractivity contribution in [1.29, 1.82) is 0 Å². The van der Waals surface area contributed by atoms with Gasteiger partial charge in [0.25, 0.3) is 0 Å². The van der Waals surface area contributed by atoms with Gasteiger partial charge >= 0.3 is 6.09 Å². The van der Waals surface area contributed by atoms with Gasteiger partial charge in [0.15, 0.2) is 0 Å². The van der Waals surface area contributed by atoms with Crippen molar-refractivity contribution in [2.45, 2.75) is 37.3 Å². The maximum absolute atomic E-state index is 13.3. The van der Waals surface area contributed by atoms with Crippen LogP contribution in [0.3, 0.4) is 0 Å². The molecule has 0 aliphatic carbocycles. The van der Waals surface area contributed by atoms with Crippen molar-refractivity contribution in [1.82, 2.24) is 9.29 Å². The van der Waals surface area contributed by atoms with Crippen LogP contribution in [0.4, 0.5) is 10.5 Å². The summed E-state index contributed by atoms with van der Waals surface area (Å²) < 4.78 is 33.4. The van der Waals surface area contributed by atoms with Crippen LogP contribution in [0.2, 0.25) is 0 Å². The predicted molar refractivity (Wildman–Crippen MR) is 117 cm³/mol. The Labute approximate surface area is 181 Å². The van der Waals surface area contributed by atoms with Gasteiger partial charge in [-0.1, -0.05) is 18.2 Å². The van der Waals surface area contributed by atoms with Gasteiger partial charge in [-0.05, 0) is 55.7 Å². The minimum atomic E-state index is -3.62. The summed E-state index contributed by atoms with van der Waals surface area (Å²) in [6.45, 7) is 2.91. The number of aryl methyl sites for hydroxylation is 1. The zero-order chi connectivity index (χ0) is 21.6. The SMILES string of the molecule is Cc1cnc2ccc(S(=O)(=O)N3CCC(N4C(=O)OCc5ccccc54)CC3)cc2c1. The van der Waals surface area contributed by atoms with Crippen LogP contribution in [0.15, 0.2) is 59.6 Å². The minimum absolute atomic E-state index is 0.0937. The highest BCUT2D eigenvalue weighted by molar-refractivity contribution is 7.89. The lowest BCUT2D eigenvalue weighted by Crippen LogP contribution is -2.50. The Bertz CT molecular complexity index is 1270. The first kappa shape index (κ1) is 20.0. The van der Waals surface area contributed by atoms with Crippen LogP contribution in [-0.2, 0) is 21.4 Å². The topological polar surface area (TPSA) is 79.8 Å². The van der Waals surface area contributed by atoms with E-state index in [1.807, 2.05) is 37.3 Å². The molecule has 5 rings (SSSR count). The summed E-state index contributed by atoms with van der Waals surface area (Å²) in [6.07, 6.45) is 2.51. The number of benzene rings is 2. The zero-order valence-corrected chi connectivity index (χ0v) is 18.0. The van der Waals surface area contributed by atoms with E-state index in [2.05, 4.69) is 4.98 Å². The van der Waals surface area contributed by atoms with Gasteiger partial charge in [-0.25, -0.2) is 13.2 Å². The molecule has 0 saturated carbocycles. The summed E-state index contributed by atoms with van der Waals surface area (Å²) in [7, 11) is -3.62. The number of pyridine rings is 1. The molecule has 0 radical (unpaired) electrons. The molecule has 0 bridgehead atoms. The van der Waals surface area contributed by atoms with Gasteiger partial charge in [0.1, 0.15) is 6.61 Å². The second-order valence-corrected chi connectivity index (χ2v) is 9.99. The van der Waals surface area contributed by atoms with Gasteiger partial charge in [-0.2, -0.15) is 4.31 Å². The molecule has 8 heteroatoms. The molecule has 3 aromatic rings. The normalized spacial score (nSPS) is 18.1. The average molecular weight is 438 g/mol. The van der Waals surface area contributed by atoms with Crippen molar-refractivity contribution in [3.05, 3.63) is 65.9 Å². The molecule has 0 unspecified atom stereocenters. The first-order chi connectivity index (χ1) is 14.9. The van der Waals surface area contributed by atoms with E-state index in [9.17, 15) is 13.2 Å². The highest BCUT2D eigenvalue weighted by Gasteiger charge is 2.37. The molecule has 1 aromatic heterocycles. The average Bonchev–Trinajstić information content (AvgIpc) is 2.78. The van der Waals surface area contributed by atoms with Gasteiger partial charge in [0, 0.05) is 36.3 Å². The van der Waals surface area contributed by atoms with Crippen molar-refractivity contribution in [2.24, 2.45) is 0 Å². The summed E-state index contributed by atoms with van der Waals surface area (Å²) in [6, 6.07) is 14.6. The van der Waals surface area contributed by atoms with Crippen LogP contribution in [0.1, 0.15) is 24.0 Å². The molecule has 0 N–H and O–H groups in total. The van der Waals surface area contributed by atoms with E-state index in [0.29, 0.717) is 25.9 Å². The number of piperidine rings is 1. The van der Waals surface area contributed by atoms with Crippen LogP contribution in [0.25, 0.3) is 10.9 Å². The molecule has 1 fully saturated rings. The number of cyclic esters (lactones) is 1. The van der Waals surface area contributed by atoms with E-state index in [-0.39, 0.29) is 23.6 Å². The monoisotopic (exact) mass is 437 g/mol. The lowest BCUT2D eigenvalue weighted by Gasteiger charge is -2.39. The Morgan fingerprint density at radius 1 is 1.06 bits per heavy atom. The number of carbonyl (C=O) groups excluding carboxylic acids is 1. The van der Waals surface area contributed by atoms with Crippen LogP contribution < -0.4 is 4.90 Å². The van der Waals surface area contributed by atoms with E-state index in [1.54, 1.807) is 29.3 Å². The number of hydrogen-bond donors (Lipinski definition) is 0. The molecule has 1 saturated heterocycles. The number of anilines is 1. The number of nitrogens with zero attached hydrogens (tertiary/aromatic N) is 3. The number of aromatic nitrogens is 1. The quantitative estimate of drug-likeness (QED) is 0.622. The van der Waals surface area contributed by atoms with Crippen LogP contribution in [-0.4, -0.2) is 42.9 Å². The van der Waals surface area contributed by atoms with Gasteiger partial charge in [-0.15, -0.1) is 0 Å². The molecule has 160 valence electrons. The molecule has 2 aliphatic rings. The molecule has 1 amide bonds. The van der Waals surface area contributed by atoms with Gasteiger partial charge in [0.05, 0.1) is 16.1 Å². The summed E-state index contributed by atoms with van der Waals surface area (Å²) in [5.74, 6) is 0. The summed E-state index contributed by atoms with van der Waals surface area (Å²) >= 11 is 0. The predicted octanol–water partition coefficient (Wildman–Crippen LogP) is 3.85. The summed E-state index contributed by atoms with van der Waals surface area (Å²) in [4.78, 5) is 18.8. The number of carbonyl (C=O) groups is 1. The highest BCUT2D eigenvalue weighted by atomic mass is 32.2. The van der Waals surface area contributed by atoms with Crippen molar-refractivity contribution in [3.63, 3.8) is 0 Å².